The molecule has 2 heterocycles. The number of likely N-dealkylation sites (tertiary alicyclic amines) is 2. The quantitative estimate of drug-likeness (QED) is 0.0306. The molecule has 2 aromatic carbocycles. The summed E-state index contributed by atoms with van der Waals surface area (Å²) in [6, 6.07) is 12.2. The lowest BCUT2D eigenvalue weighted by atomic mass is 9.83. The number of amides is 9. The van der Waals surface area contributed by atoms with Crippen LogP contribution in [-0.2, 0) is 64.0 Å². The van der Waals surface area contributed by atoms with Gasteiger partial charge in [-0.25, -0.2) is 9.59 Å². The predicted molar refractivity (Wildman–Crippen MR) is 370 cm³/mol. The molecule has 2 aliphatic heterocycles. The van der Waals surface area contributed by atoms with E-state index in [1.165, 1.54) is 35.7 Å². The number of primary amides is 1. The number of unbranched alkanes of at least 4 members (excludes halogenated alkanes) is 2. The number of thioether (sulfide) groups is 1. The van der Waals surface area contributed by atoms with Gasteiger partial charge in [0.1, 0.15) is 12.4 Å². The number of Topliss-reactive ketones (excluding diaryl/α,β-unsaturated/α-hetero) is 3. The summed E-state index contributed by atoms with van der Waals surface area (Å²) in [6.45, 7) is 19.3. The highest BCUT2D eigenvalue weighted by atomic mass is 32.2. The van der Waals surface area contributed by atoms with Crippen molar-refractivity contribution in [1.82, 2.24) is 30.2 Å². The predicted octanol–water partition coefficient (Wildman–Crippen LogP) is 8.91. The first-order chi connectivity index (χ1) is 45.4. The Bertz CT molecular complexity index is 2900. The summed E-state index contributed by atoms with van der Waals surface area (Å²) in [5, 5.41) is 18.9. The monoisotopic (exact) mass is 1360 g/mol. The maximum atomic E-state index is 14.9. The Balaban J connectivity index is 1.37. The number of methoxy groups -OCH3 is 2. The molecule has 0 bridgehead atoms. The third-order valence-electron chi connectivity index (χ3n) is 19.3. The highest BCUT2D eigenvalue weighted by molar-refractivity contribution is 8.00. The Hall–Kier alpha value is -6.76. The molecule has 6 N–H and O–H groups in total. The van der Waals surface area contributed by atoms with Crippen LogP contribution in [0.4, 0.5) is 15.3 Å². The zero-order valence-electron chi connectivity index (χ0n) is 59.6. The summed E-state index contributed by atoms with van der Waals surface area (Å²) in [7, 11) is 6.24. The SMILES string of the molecule is CC[C@H](C)[C@@H]([C@@H](CC(=O)N1CCC[C@H]1[C@H](OC)[C@@H](C)C(=O)C[C@H](C)[C@@H](O)c1ccccc1)OC)N(C)C(=O)[C@@H](CC(=O)[C@H](C(C)C)N(C)C(=O)OCc1ccc(NC(=O)[C@H](CCCNC(N)=O)CC(=O)[C@@H](NC(=O)CCCCCN2C(=O)CC(SC)C2=O)C(C)C)cc1)C(C)C. The largest absolute Gasteiger partial charge is 0.445 e. The maximum Gasteiger partial charge on any atom is 0.410 e. The van der Waals surface area contributed by atoms with Gasteiger partial charge in [0, 0.05) is 103 Å². The van der Waals surface area contributed by atoms with Crippen LogP contribution in [0.3, 0.4) is 0 Å². The lowest BCUT2D eigenvalue weighted by Crippen LogP contribution is -2.54. The minimum Gasteiger partial charge on any atom is -0.445 e. The summed E-state index contributed by atoms with van der Waals surface area (Å²) in [5.41, 5.74) is 6.96. The van der Waals surface area contributed by atoms with Crippen LogP contribution in [0.25, 0.3) is 0 Å². The third-order valence-corrected chi connectivity index (χ3v) is 20.2. The van der Waals surface area contributed by atoms with E-state index in [0.717, 1.165) is 5.56 Å². The van der Waals surface area contributed by atoms with Crippen molar-refractivity contribution in [3.8, 4) is 0 Å². The summed E-state index contributed by atoms with van der Waals surface area (Å²) >= 11 is 1.35. The van der Waals surface area contributed by atoms with Gasteiger partial charge in [0.05, 0.1) is 54.2 Å². The Morgan fingerprint density at radius 2 is 1.43 bits per heavy atom. The van der Waals surface area contributed by atoms with E-state index in [2.05, 4.69) is 16.0 Å². The molecule has 9 amide bonds. The smallest absolute Gasteiger partial charge is 0.410 e. The van der Waals surface area contributed by atoms with Crippen molar-refractivity contribution in [1.29, 1.82) is 0 Å². The number of anilines is 1. The minimum atomic E-state index is -0.966. The van der Waals surface area contributed by atoms with Gasteiger partial charge in [0.25, 0.3) is 0 Å². The molecule has 0 aromatic heterocycles. The number of benzene rings is 2. The number of ether oxygens (including phenoxy) is 3. The summed E-state index contributed by atoms with van der Waals surface area (Å²) < 4.78 is 17.9. The lowest BCUT2D eigenvalue weighted by molar-refractivity contribution is -0.149. The topological polar surface area (TPSA) is 311 Å². The first kappa shape index (κ1) is 81.7. The molecular weight excluding hydrogens is 1250 g/mol. The number of nitrogens with one attached hydrogen (secondary N) is 3. The van der Waals surface area contributed by atoms with Crippen molar-refractivity contribution in [2.45, 2.75) is 213 Å². The maximum absolute atomic E-state index is 14.9. The number of nitrogens with zero attached hydrogens (tertiary/aromatic N) is 4. The number of imide groups is 1. The standard InChI is InChI=1S/C72H112N8O15S/c1-16-46(8)65(58(93-13)40-61(85)79-36-24-28-54(79)67(94-14)48(10)55(81)37-47(9)66(87)50-25-19-17-20-26-50)77(11)69(89)53(43(2)3)39-57(83)64(45(6)7)78(12)72(92)95-42-49-30-32-52(33-31-49)75-68(88)51(27-23-34-74-71(73)91)38-56(82)63(44(4)5)76-60(84)29-21-18-22-35-80-62(86)41-59(96-15)70(80)90/h17,19-20,25-26,30-33,43-48,51,53-54,58-59,63-67,87H,16,18,21-24,27-29,34-42H2,1-15H3,(H,75,88)(H,76,84)(H3,73,74,91)/t46-,47-,48-,51+,53-,54-,58+,59?,63-,64-,65-,66+,67+/m0/s1. The Morgan fingerprint density at radius 1 is 0.760 bits per heavy atom. The molecule has 96 heavy (non-hydrogen) atoms. The second-order valence-corrected chi connectivity index (χ2v) is 28.4. The number of likely N-dealkylation sites (N-methyl/N-ethyl adjacent to an activating group) is 2. The second kappa shape index (κ2) is 40.2. The Labute approximate surface area is 573 Å². The van der Waals surface area contributed by atoms with Crippen LogP contribution in [0, 0.1) is 47.3 Å². The number of aliphatic hydroxyl groups excluding tert-OH is 1. The summed E-state index contributed by atoms with van der Waals surface area (Å²) in [5.74, 6) is -6.12. The van der Waals surface area contributed by atoms with Crippen LogP contribution in [0.1, 0.15) is 176 Å². The van der Waals surface area contributed by atoms with E-state index < -0.39 is 72.2 Å². The number of urea groups is 1. The van der Waals surface area contributed by atoms with Crippen LogP contribution in [-0.4, -0.2) is 185 Å². The lowest BCUT2D eigenvalue weighted by Gasteiger charge is -2.41. The average Bonchev–Trinajstić information content (AvgIpc) is 1.42. The number of carbonyl (C=O) groups excluding carboxylic acids is 11. The highest BCUT2D eigenvalue weighted by Gasteiger charge is 2.44. The first-order valence-corrected chi connectivity index (χ1v) is 35.6. The third kappa shape index (κ3) is 23.8. The number of nitrogens with two attached hydrogens (primary N) is 1. The van der Waals surface area contributed by atoms with Crippen molar-refractivity contribution in [3.63, 3.8) is 0 Å². The number of rotatable bonds is 42. The fourth-order valence-corrected chi connectivity index (χ4v) is 14.0. The Morgan fingerprint density at radius 3 is 2.00 bits per heavy atom. The van der Waals surface area contributed by atoms with E-state index in [4.69, 9.17) is 19.9 Å². The van der Waals surface area contributed by atoms with Gasteiger partial charge < -0.3 is 55.7 Å². The van der Waals surface area contributed by atoms with E-state index in [-0.39, 0.29) is 146 Å². The van der Waals surface area contributed by atoms with Crippen molar-refractivity contribution < 1.29 is 72.1 Å². The van der Waals surface area contributed by atoms with Crippen molar-refractivity contribution in [2.75, 3.05) is 59.5 Å². The first-order valence-electron chi connectivity index (χ1n) is 34.3. The van der Waals surface area contributed by atoms with Crippen LogP contribution < -0.4 is 21.7 Å². The molecule has 0 aliphatic carbocycles. The van der Waals surface area contributed by atoms with Gasteiger partial charge in [-0.05, 0) is 97.6 Å². The number of ketones is 3. The molecule has 4 rings (SSSR count). The van der Waals surface area contributed by atoms with Crippen molar-refractivity contribution >= 4 is 82.4 Å². The molecule has 2 saturated heterocycles. The fourth-order valence-electron chi connectivity index (χ4n) is 13.4. The van der Waals surface area contributed by atoms with Crippen molar-refractivity contribution in [2.24, 2.45) is 53.1 Å². The molecular formula is C72H112N8O15S. The van der Waals surface area contributed by atoms with Gasteiger partial charge in [0.15, 0.2) is 11.6 Å². The molecule has 0 radical (unpaired) electrons. The number of carbonyl (C=O) groups is 11. The van der Waals surface area contributed by atoms with Gasteiger partial charge in [-0.2, -0.15) is 11.8 Å². The fraction of sp³-hybridized carbons (Fsp3) is 0.681. The normalized spacial score (nSPS) is 18.4. The molecule has 23 nitrogen and oxygen atoms in total. The Kier molecular flexibility index (Phi) is 34.2. The van der Waals surface area contributed by atoms with E-state index in [0.29, 0.717) is 69.3 Å². The summed E-state index contributed by atoms with van der Waals surface area (Å²) in [4.78, 5) is 155. The van der Waals surface area contributed by atoms with Crippen LogP contribution >= 0.6 is 11.8 Å². The van der Waals surface area contributed by atoms with Gasteiger partial charge in [-0.15, -0.1) is 0 Å². The van der Waals surface area contributed by atoms with Gasteiger partial charge in [-0.3, -0.25) is 48.1 Å². The molecule has 0 saturated carbocycles. The van der Waals surface area contributed by atoms with Crippen LogP contribution in [0.2, 0.25) is 0 Å². The summed E-state index contributed by atoms with van der Waals surface area (Å²) in [6.07, 6.45) is 3.01. The second-order valence-electron chi connectivity index (χ2n) is 27.4. The van der Waals surface area contributed by atoms with Crippen LogP contribution in [0.5, 0.6) is 0 Å². The molecule has 2 aliphatic rings. The van der Waals surface area contributed by atoms with E-state index in [1.807, 2.05) is 85.7 Å². The molecule has 2 fully saturated rings. The van der Waals surface area contributed by atoms with Gasteiger partial charge in [-0.1, -0.05) is 125 Å². The molecule has 13 atom stereocenters. The van der Waals surface area contributed by atoms with Gasteiger partial charge >= 0.3 is 12.1 Å². The van der Waals surface area contributed by atoms with Crippen molar-refractivity contribution in [3.05, 3.63) is 65.7 Å². The van der Waals surface area contributed by atoms with E-state index in [1.54, 1.807) is 68.3 Å². The molecule has 24 heteroatoms. The van der Waals surface area contributed by atoms with Gasteiger partial charge in [0.2, 0.25) is 35.4 Å². The molecule has 1 unspecified atom stereocenters. The van der Waals surface area contributed by atoms with Crippen LogP contribution in [0.15, 0.2) is 54.6 Å². The number of aliphatic hydroxyl groups is 1. The zero-order valence-corrected chi connectivity index (χ0v) is 60.4. The number of hydrogen-bond acceptors (Lipinski definition) is 16. The number of hydrogen-bond donors (Lipinski definition) is 5. The van der Waals surface area contributed by atoms with E-state index >= 15 is 0 Å². The average molecular weight is 1360 g/mol. The highest BCUT2D eigenvalue weighted by Crippen LogP contribution is 2.34. The van der Waals surface area contributed by atoms with E-state index in [9.17, 15) is 57.8 Å². The molecule has 2 aromatic rings. The zero-order chi connectivity index (χ0) is 71.7. The minimum absolute atomic E-state index is 0.0537. The molecule has 536 valence electrons. The molecule has 0 spiro atoms.